The number of alkyl halides is 1. The molecule has 1 N–H and O–H groups in total. The Hall–Kier alpha value is -2.55. The zero-order chi connectivity index (χ0) is 20.8. The molecule has 0 bridgehead atoms. The smallest absolute Gasteiger partial charge is 0.186 e. The van der Waals surface area contributed by atoms with Gasteiger partial charge >= 0.3 is 0 Å². The number of nitrogens with one attached hydrogen (secondary N) is 1. The molecule has 1 aliphatic heterocycles. The minimum absolute atomic E-state index is 0.0876. The summed E-state index contributed by atoms with van der Waals surface area (Å²) in [6.45, 7) is 2.90. The molecule has 0 amide bonds. The second-order valence-corrected chi connectivity index (χ2v) is 7.34. The molecule has 1 aliphatic carbocycles. The fourth-order valence-electron chi connectivity index (χ4n) is 3.46. The van der Waals surface area contributed by atoms with Crippen molar-refractivity contribution >= 4 is 18.2 Å². The molecule has 6 nitrogen and oxygen atoms in total. The molecule has 3 rings (SSSR count). The summed E-state index contributed by atoms with van der Waals surface area (Å²) in [6, 6.07) is 2.98. The maximum atomic E-state index is 13.5. The van der Waals surface area contributed by atoms with E-state index >= 15 is 0 Å². The van der Waals surface area contributed by atoms with E-state index in [1.807, 2.05) is 11.9 Å². The number of hydrogen-bond acceptors (Lipinski definition) is 6. The molecular formula is C20H25F3N4O2. The molecular weight excluding hydrogens is 385 g/mol. The molecule has 1 saturated heterocycles. The average molecular weight is 410 g/mol. The van der Waals surface area contributed by atoms with Gasteiger partial charge in [-0.3, -0.25) is 10.2 Å². The molecule has 0 radical (unpaired) electrons. The van der Waals surface area contributed by atoms with Crippen LogP contribution in [0.1, 0.15) is 19.3 Å². The zero-order valence-electron chi connectivity index (χ0n) is 16.3. The van der Waals surface area contributed by atoms with Crippen molar-refractivity contribution in [2.75, 3.05) is 38.7 Å². The largest absolute Gasteiger partial charge is 0.485 e. The van der Waals surface area contributed by atoms with E-state index in [9.17, 15) is 18.0 Å². The van der Waals surface area contributed by atoms with Gasteiger partial charge in [0.2, 0.25) is 0 Å². The number of carbonyl (C=O) groups excluding carboxylic acids is 1. The number of ether oxygens (including phenoxy) is 1. The molecule has 158 valence electrons. The number of hydrogen-bond donors (Lipinski definition) is 1. The van der Waals surface area contributed by atoms with Crippen LogP contribution in [0.15, 0.2) is 34.8 Å². The number of aldehydes is 1. The highest BCUT2D eigenvalue weighted by atomic mass is 19.1. The Labute approximate surface area is 168 Å². The quantitative estimate of drug-likeness (QED) is 0.246. The minimum atomic E-state index is -0.918. The van der Waals surface area contributed by atoms with Gasteiger partial charge in [0, 0.05) is 38.7 Å². The molecule has 1 heterocycles. The summed E-state index contributed by atoms with van der Waals surface area (Å²) in [5.41, 5.74) is 3.17. The third kappa shape index (κ3) is 5.96. The fourth-order valence-corrected chi connectivity index (χ4v) is 3.46. The molecule has 9 heteroatoms. The van der Waals surface area contributed by atoms with Gasteiger partial charge in [0.25, 0.3) is 0 Å². The van der Waals surface area contributed by atoms with Crippen LogP contribution in [0.4, 0.5) is 18.9 Å². The van der Waals surface area contributed by atoms with Crippen LogP contribution >= 0.6 is 0 Å². The first-order valence-corrected chi connectivity index (χ1v) is 9.63. The SMILES string of the molecule is CN1CCN(C(/C=N\Nc2cc(F)cc(F)c2)=C(/C=O)OC2CCC(F)C2)CC1. The van der Waals surface area contributed by atoms with E-state index in [4.69, 9.17) is 4.74 Å². The van der Waals surface area contributed by atoms with E-state index in [1.165, 1.54) is 6.21 Å². The van der Waals surface area contributed by atoms with Crippen molar-refractivity contribution in [2.24, 2.45) is 5.10 Å². The Balaban J connectivity index is 1.80. The van der Waals surface area contributed by atoms with E-state index < -0.39 is 17.8 Å². The van der Waals surface area contributed by atoms with Crippen molar-refractivity contribution in [3.05, 3.63) is 41.3 Å². The fraction of sp³-hybridized carbons (Fsp3) is 0.500. The topological polar surface area (TPSA) is 57.2 Å². The van der Waals surface area contributed by atoms with Crippen molar-refractivity contribution in [1.29, 1.82) is 0 Å². The Kier molecular flexibility index (Phi) is 7.13. The maximum Gasteiger partial charge on any atom is 0.186 e. The van der Waals surface area contributed by atoms with Crippen LogP contribution in [0.5, 0.6) is 0 Å². The van der Waals surface area contributed by atoms with Gasteiger partial charge < -0.3 is 14.5 Å². The minimum Gasteiger partial charge on any atom is -0.485 e. The lowest BCUT2D eigenvalue weighted by Crippen LogP contribution is -2.44. The third-order valence-electron chi connectivity index (χ3n) is 5.06. The number of allylic oxidation sites excluding steroid dienone is 2. The lowest BCUT2D eigenvalue weighted by atomic mass is 10.2. The lowest BCUT2D eigenvalue weighted by Gasteiger charge is -2.35. The molecule has 1 aromatic carbocycles. The van der Waals surface area contributed by atoms with Gasteiger partial charge in [-0.25, -0.2) is 13.2 Å². The molecule has 2 atom stereocenters. The number of nitrogens with zero attached hydrogens (tertiary/aromatic N) is 3. The van der Waals surface area contributed by atoms with Crippen LogP contribution < -0.4 is 5.43 Å². The second-order valence-electron chi connectivity index (χ2n) is 7.34. The van der Waals surface area contributed by atoms with Crippen molar-refractivity contribution in [2.45, 2.75) is 31.5 Å². The summed E-state index contributed by atoms with van der Waals surface area (Å²) < 4.78 is 45.9. The van der Waals surface area contributed by atoms with E-state index in [2.05, 4.69) is 15.4 Å². The highest BCUT2D eigenvalue weighted by Gasteiger charge is 2.28. The molecule has 2 unspecified atom stereocenters. The van der Waals surface area contributed by atoms with Crippen molar-refractivity contribution in [3.8, 4) is 0 Å². The lowest BCUT2D eigenvalue weighted by molar-refractivity contribution is -0.109. The standard InChI is InChI=1S/C20H25F3N4O2/c1-26-4-6-27(7-5-26)19(20(13-28)29-18-3-2-14(21)11-18)12-24-25-17-9-15(22)8-16(23)10-17/h8-10,12-14,18,25H,2-7,11H2,1H3/b20-19-,24-12-. The monoisotopic (exact) mass is 410 g/mol. The maximum absolute atomic E-state index is 13.5. The predicted octanol–water partition coefficient (Wildman–Crippen LogP) is 2.93. The molecule has 0 aromatic heterocycles. The van der Waals surface area contributed by atoms with Crippen LogP contribution in [0.3, 0.4) is 0 Å². The van der Waals surface area contributed by atoms with E-state index in [-0.39, 0.29) is 24.0 Å². The normalized spacial score (nSPS) is 23.9. The molecule has 1 aromatic rings. The van der Waals surface area contributed by atoms with Gasteiger partial charge in [0.05, 0.1) is 11.9 Å². The first kappa shape index (κ1) is 21.2. The molecule has 0 spiro atoms. The van der Waals surface area contributed by atoms with Gasteiger partial charge in [0.15, 0.2) is 12.0 Å². The summed E-state index contributed by atoms with van der Waals surface area (Å²) in [5.74, 6) is -1.36. The molecule has 2 fully saturated rings. The summed E-state index contributed by atoms with van der Waals surface area (Å²) in [6.07, 6.45) is 1.95. The number of hydrazone groups is 1. The Morgan fingerprint density at radius 3 is 2.45 bits per heavy atom. The van der Waals surface area contributed by atoms with Gasteiger partial charge in [-0.15, -0.1) is 0 Å². The number of carbonyl (C=O) groups is 1. The zero-order valence-corrected chi connectivity index (χ0v) is 16.3. The number of likely N-dealkylation sites (N-methyl/N-ethyl adjacent to an activating group) is 1. The predicted molar refractivity (Wildman–Crippen MR) is 104 cm³/mol. The van der Waals surface area contributed by atoms with Gasteiger partial charge in [-0.05, 0) is 32.0 Å². The molecule has 2 aliphatic rings. The van der Waals surface area contributed by atoms with Gasteiger partial charge in [-0.1, -0.05) is 0 Å². The highest BCUT2D eigenvalue weighted by Crippen LogP contribution is 2.27. The number of piperazine rings is 1. The van der Waals surface area contributed by atoms with Crippen molar-refractivity contribution < 1.29 is 22.7 Å². The number of anilines is 1. The number of rotatable bonds is 7. The van der Waals surface area contributed by atoms with E-state index in [0.717, 1.165) is 31.3 Å². The van der Waals surface area contributed by atoms with Crippen LogP contribution in [0.25, 0.3) is 0 Å². The van der Waals surface area contributed by atoms with Crippen LogP contribution in [-0.2, 0) is 9.53 Å². The van der Waals surface area contributed by atoms with Crippen LogP contribution in [0.2, 0.25) is 0 Å². The molecule has 1 saturated carbocycles. The summed E-state index contributed by atoms with van der Waals surface area (Å²) >= 11 is 0. The summed E-state index contributed by atoms with van der Waals surface area (Å²) in [4.78, 5) is 15.9. The Morgan fingerprint density at radius 2 is 1.86 bits per heavy atom. The summed E-state index contributed by atoms with van der Waals surface area (Å²) in [7, 11) is 2.01. The first-order valence-electron chi connectivity index (χ1n) is 9.63. The third-order valence-corrected chi connectivity index (χ3v) is 5.06. The molecule has 29 heavy (non-hydrogen) atoms. The number of benzene rings is 1. The Morgan fingerprint density at radius 1 is 1.17 bits per heavy atom. The van der Waals surface area contributed by atoms with Crippen LogP contribution in [-0.4, -0.2) is 67.8 Å². The van der Waals surface area contributed by atoms with E-state index in [0.29, 0.717) is 37.9 Å². The van der Waals surface area contributed by atoms with Gasteiger partial charge in [-0.2, -0.15) is 5.10 Å². The second kappa shape index (κ2) is 9.78. The van der Waals surface area contributed by atoms with E-state index in [1.54, 1.807) is 0 Å². The van der Waals surface area contributed by atoms with Gasteiger partial charge in [0.1, 0.15) is 29.6 Å². The van der Waals surface area contributed by atoms with Crippen LogP contribution in [0, 0.1) is 11.6 Å². The van der Waals surface area contributed by atoms with Crippen molar-refractivity contribution in [3.63, 3.8) is 0 Å². The average Bonchev–Trinajstić information content (AvgIpc) is 3.09. The van der Waals surface area contributed by atoms with Crippen molar-refractivity contribution in [1.82, 2.24) is 9.80 Å². The summed E-state index contributed by atoms with van der Waals surface area (Å²) in [5, 5.41) is 4.04. The highest BCUT2D eigenvalue weighted by molar-refractivity contribution is 5.87. The Bertz CT molecular complexity index is 759. The first-order chi connectivity index (χ1) is 13.9. The number of halogens is 3.